The first-order valence-corrected chi connectivity index (χ1v) is 10.7. The van der Waals surface area contributed by atoms with Crippen LogP contribution in [0.4, 0.5) is 10.1 Å². The van der Waals surface area contributed by atoms with Gasteiger partial charge in [-0.1, -0.05) is 48.6 Å². The molecule has 1 saturated heterocycles. The largest absolute Gasteiger partial charge is 0.351 e. The second-order valence-electron chi connectivity index (χ2n) is 7.68. The number of nitrogens with zero attached hydrogens (tertiary/aromatic N) is 3. The number of Topliss-reactive ketones (excluding diaryl/α,β-unsaturated/α-hetero) is 1. The van der Waals surface area contributed by atoms with E-state index in [-0.39, 0.29) is 5.78 Å². The lowest BCUT2D eigenvalue weighted by atomic mass is 9.69. The lowest BCUT2D eigenvalue weighted by Crippen LogP contribution is -2.44. The summed E-state index contributed by atoms with van der Waals surface area (Å²) < 4.78 is 13.7. The Hall–Kier alpha value is -3.74. The molecule has 0 amide bonds. The Morgan fingerprint density at radius 3 is 2.45 bits per heavy atom. The van der Waals surface area contributed by atoms with Gasteiger partial charge >= 0.3 is 0 Å². The number of hydrogen-bond donors (Lipinski definition) is 0. The second kappa shape index (κ2) is 7.19. The third-order valence-corrected chi connectivity index (χ3v) is 7.06. The molecular weight excluding hydrogens is 409 g/mol. The number of fused-ring (bicyclic) bond motifs is 3. The first-order chi connectivity index (χ1) is 15.1. The third-order valence-electron chi connectivity index (χ3n) is 6.18. The lowest BCUT2D eigenvalue weighted by Gasteiger charge is -2.35. The average molecular weight is 425 g/mol. The summed E-state index contributed by atoms with van der Waals surface area (Å²) in [5.74, 6) is -1.31. The van der Waals surface area contributed by atoms with Crippen LogP contribution in [0.2, 0.25) is 0 Å². The van der Waals surface area contributed by atoms with Crippen LogP contribution in [0.1, 0.15) is 26.7 Å². The van der Waals surface area contributed by atoms with Gasteiger partial charge in [-0.3, -0.25) is 4.79 Å². The fraction of sp³-hybridized carbons (Fsp3) is 0.160. The summed E-state index contributed by atoms with van der Waals surface area (Å²) in [7, 11) is 0. The highest BCUT2D eigenvalue weighted by Gasteiger charge is 2.63. The molecule has 0 aliphatic carbocycles. The minimum Gasteiger partial charge on any atom is -0.351 e. The van der Waals surface area contributed by atoms with Crippen LogP contribution in [-0.4, -0.2) is 17.9 Å². The molecule has 0 radical (unpaired) electrons. The van der Waals surface area contributed by atoms with Crippen LogP contribution in [-0.2, 0) is 0 Å². The molecule has 0 unspecified atom stereocenters. The number of carbonyl (C=O) groups excluding carboxylic acids is 1. The quantitative estimate of drug-likeness (QED) is 0.543. The molecule has 0 bridgehead atoms. The Morgan fingerprint density at radius 2 is 1.77 bits per heavy atom. The maximum Gasteiger partial charge on any atom is 0.195 e. The topological polar surface area (TPSA) is 67.9 Å². The summed E-state index contributed by atoms with van der Waals surface area (Å²) in [6.45, 7) is 0. The van der Waals surface area contributed by atoms with Crippen LogP contribution in [0.3, 0.4) is 0 Å². The standard InChI is InChI=1S/C25H16FN3OS/c26-18-10-7-17(8-11-18)22-23(24(30)20-6-3-13-31-20)29-19-5-2-1-4-16(19)9-12-21(29)25(22,14-27)15-28/h1-13,21-23H/t21-,22+,23-/m1/s1. The number of rotatable bonds is 3. The van der Waals surface area contributed by atoms with E-state index in [0.29, 0.717) is 10.4 Å². The van der Waals surface area contributed by atoms with Gasteiger partial charge in [0.2, 0.25) is 0 Å². The van der Waals surface area contributed by atoms with Crippen molar-refractivity contribution in [2.24, 2.45) is 5.41 Å². The van der Waals surface area contributed by atoms with Crippen molar-refractivity contribution in [2.45, 2.75) is 18.0 Å². The van der Waals surface area contributed by atoms with Crippen LogP contribution in [0.5, 0.6) is 0 Å². The molecule has 1 fully saturated rings. The van der Waals surface area contributed by atoms with Crippen LogP contribution >= 0.6 is 11.3 Å². The zero-order valence-electron chi connectivity index (χ0n) is 16.3. The molecule has 0 spiro atoms. The summed E-state index contributed by atoms with van der Waals surface area (Å²) in [6.07, 6.45) is 3.74. The number of carbonyl (C=O) groups is 1. The van der Waals surface area contributed by atoms with E-state index in [1.165, 1.54) is 23.5 Å². The number of benzene rings is 2. The van der Waals surface area contributed by atoms with Crippen molar-refractivity contribution in [2.75, 3.05) is 4.90 Å². The Morgan fingerprint density at radius 1 is 1.03 bits per heavy atom. The fourth-order valence-electron chi connectivity index (χ4n) is 4.84. The zero-order valence-corrected chi connectivity index (χ0v) is 17.1. The lowest BCUT2D eigenvalue weighted by molar-refractivity contribution is 0.0955. The molecule has 31 heavy (non-hydrogen) atoms. The van der Waals surface area contributed by atoms with E-state index < -0.39 is 29.2 Å². The highest BCUT2D eigenvalue weighted by atomic mass is 32.1. The number of halogens is 1. The molecular formula is C25H16FN3OS. The normalized spacial score (nSPS) is 22.8. The van der Waals surface area contributed by atoms with E-state index >= 15 is 0 Å². The molecule has 2 aromatic carbocycles. The molecule has 3 atom stereocenters. The van der Waals surface area contributed by atoms with Crippen molar-refractivity contribution < 1.29 is 9.18 Å². The first kappa shape index (κ1) is 19.2. The molecule has 5 rings (SSSR count). The Kier molecular flexibility index (Phi) is 4.46. The Labute approximate surface area is 183 Å². The van der Waals surface area contributed by atoms with Gasteiger partial charge < -0.3 is 4.90 Å². The molecule has 2 aliphatic heterocycles. The van der Waals surface area contributed by atoms with Crippen molar-refractivity contribution in [3.63, 3.8) is 0 Å². The van der Waals surface area contributed by atoms with Crippen LogP contribution in [0.15, 0.2) is 72.1 Å². The first-order valence-electron chi connectivity index (χ1n) is 9.82. The molecule has 3 heterocycles. The minimum absolute atomic E-state index is 0.146. The molecule has 2 aliphatic rings. The summed E-state index contributed by atoms with van der Waals surface area (Å²) in [5.41, 5.74) is 0.816. The van der Waals surface area contributed by atoms with E-state index in [2.05, 4.69) is 12.1 Å². The average Bonchev–Trinajstić information content (AvgIpc) is 3.44. The van der Waals surface area contributed by atoms with E-state index in [0.717, 1.165) is 11.3 Å². The van der Waals surface area contributed by atoms with Gasteiger partial charge in [0.1, 0.15) is 11.9 Å². The van der Waals surface area contributed by atoms with Gasteiger partial charge in [0, 0.05) is 11.6 Å². The molecule has 3 aromatic rings. The number of thiophene rings is 1. The predicted molar refractivity (Wildman–Crippen MR) is 117 cm³/mol. The van der Waals surface area contributed by atoms with Gasteiger partial charge in [-0.25, -0.2) is 4.39 Å². The molecule has 0 saturated carbocycles. The highest BCUT2D eigenvalue weighted by Crippen LogP contribution is 2.55. The maximum absolute atomic E-state index is 13.8. The maximum atomic E-state index is 13.8. The number of anilines is 1. The molecule has 4 nitrogen and oxygen atoms in total. The highest BCUT2D eigenvalue weighted by molar-refractivity contribution is 7.12. The summed E-state index contributed by atoms with van der Waals surface area (Å²) in [5, 5.41) is 22.4. The fourth-order valence-corrected chi connectivity index (χ4v) is 5.54. The zero-order chi connectivity index (χ0) is 21.6. The van der Waals surface area contributed by atoms with Crippen molar-refractivity contribution in [1.82, 2.24) is 0 Å². The van der Waals surface area contributed by atoms with E-state index in [9.17, 15) is 19.7 Å². The van der Waals surface area contributed by atoms with Gasteiger partial charge in [-0.15, -0.1) is 11.3 Å². The molecule has 6 heteroatoms. The van der Waals surface area contributed by atoms with E-state index in [1.807, 2.05) is 52.8 Å². The SMILES string of the molecule is N#CC1(C#N)[C@@H](c2ccc(F)cc2)[C@H](C(=O)c2cccs2)N2c3ccccc3C=C[C@@H]21. The van der Waals surface area contributed by atoms with Gasteiger partial charge in [-0.2, -0.15) is 10.5 Å². The van der Waals surface area contributed by atoms with Crippen molar-refractivity contribution in [1.29, 1.82) is 10.5 Å². The summed E-state index contributed by atoms with van der Waals surface area (Å²) >= 11 is 1.33. The molecule has 150 valence electrons. The number of ketones is 1. The molecule has 0 N–H and O–H groups in total. The Balaban J connectivity index is 1.79. The van der Waals surface area contributed by atoms with E-state index in [1.54, 1.807) is 18.2 Å². The van der Waals surface area contributed by atoms with Crippen molar-refractivity contribution in [3.05, 3.63) is 93.9 Å². The predicted octanol–water partition coefficient (Wildman–Crippen LogP) is 5.17. The van der Waals surface area contributed by atoms with Crippen molar-refractivity contribution >= 4 is 28.9 Å². The van der Waals surface area contributed by atoms with E-state index in [4.69, 9.17) is 0 Å². The minimum atomic E-state index is -1.51. The smallest absolute Gasteiger partial charge is 0.195 e. The van der Waals surface area contributed by atoms with Gasteiger partial charge in [0.05, 0.1) is 23.1 Å². The van der Waals surface area contributed by atoms with Crippen LogP contribution in [0, 0.1) is 33.9 Å². The molecule has 1 aromatic heterocycles. The third kappa shape index (κ3) is 2.73. The summed E-state index contributed by atoms with van der Waals surface area (Å²) in [6, 6.07) is 20.1. The van der Waals surface area contributed by atoms with Crippen LogP contribution < -0.4 is 4.90 Å². The van der Waals surface area contributed by atoms with Crippen LogP contribution in [0.25, 0.3) is 6.08 Å². The summed E-state index contributed by atoms with van der Waals surface area (Å²) in [4.78, 5) is 16.3. The van der Waals surface area contributed by atoms with Gasteiger partial charge in [0.25, 0.3) is 0 Å². The number of para-hydroxylation sites is 1. The number of nitriles is 2. The van der Waals surface area contributed by atoms with Gasteiger partial charge in [0.15, 0.2) is 11.2 Å². The monoisotopic (exact) mass is 425 g/mol. The second-order valence-corrected chi connectivity index (χ2v) is 8.63. The Bertz CT molecular complexity index is 1250. The van der Waals surface area contributed by atoms with Crippen molar-refractivity contribution in [3.8, 4) is 12.1 Å². The van der Waals surface area contributed by atoms with Gasteiger partial charge in [-0.05, 0) is 40.8 Å². The number of hydrogen-bond acceptors (Lipinski definition) is 5.